The number of rotatable bonds is 4. The normalized spacial score (nSPS) is 13.5. The average Bonchev–Trinajstić information content (AvgIpc) is 2.93. The Labute approximate surface area is 161 Å². The molecule has 0 radical (unpaired) electrons. The number of amides is 3. The Kier molecular flexibility index (Phi) is 6.57. The molecule has 0 fully saturated rings. The van der Waals surface area contributed by atoms with Crippen LogP contribution in [0, 0.1) is 5.82 Å². The average molecular weight is 399 g/mol. The number of halogens is 2. The zero-order valence-corrected chi connectivity index (χ0v) is 15.8. The summed E-state index contributed by atoms with van der Waals surface area (Å²) >= 11 is 1.38. The predicted octanol–water partition coefficient (Wildman–Crippen LogP) is 3.43. The Bertz CT molecular complexity index is 810. The first-order valence-corrected chi connectivity index (χ1v) is 8.79. The molecule has 0 aliphatic carbocycles. The van der Waals surface area contributed by atoms with E-state index in [1.54, 1.807) is 0 Å². The van der Waals surface area contributed by atoms with E-state index in [-0.39, 0.29) is 18.2 Å². The SMILES string of the molecule is CCN1CCc2c(sc(NC(=O)Nc3ccc(F)cc3)c2C(N)=O)C1.Cl. The molecule has 4 N–H and O–H groups in total. The van der Waals surface area contributed by atoms with E-state index in [0.29, 0.717) is 16.3 Å². The van der Waals surface area contributed by atoms with Crippen LogP contribution in [0.1, 0.15) is 27.7 Å². The molecule has 2 aromatic rings. The summed E-state index contributed by atoms with van der Waals surface area (Å²) in [5, 5.41) is 5.77. The van der Waals surface area contributed by atoms with Crippen LogP contribution in [0.15, 0.2) is 24.3 Å². The Morgan fingerprint density at radius 1 is 1.27 bits per heavy atom. The highest BCUT2D eigenvalue weighted by Crippen LogP contribution is 2.36. The predicted molar refractivity (Wildman–Crippen MR) is 104 cm³/mol. The molecule has 9 heteroatoms. The minimum Gasteiger partial charge on any atom is -0.365 e. The van der Waals surface area contributed by atoms with Crippen LogP contribution in [0.3, 0.4) is 0 Å². The molecule has 3 amide bonds. The minimum atomic E-state index is -0.542. The number of carbonyl (C=O) groups excluding carboxylic acids is 2. The molecule has 26 heavy (non-hydrogen) atoms. The van der Waals surface area contributed by atoms with Gasteiger partial charge in [0.2, 0.25) is 0 Å². The van der Waals surface area contributed by atoms with Gasteiger partial charge in [0.25, 0.3) is 5.91 Å². The maximum Gasteiger partial charge on any atom is 0.324 e. The first-order chi connectivity index (χ1) is 12.0. The van der Waals surface area contributed by atoms with Crippen molar-refractivity contribution in [1.29, 1.82) is 0 Å². The van der Waals surface area contributed by atoms with Crippen molar-refractivity contribution < 1.29 is 14.0 Å². The second-order valence-corrected chi connectivity index (χ2v) is 6.88. The monoisotopic (exact) mass is 398 g/mol. The molecule has 2 heterocycles. The number of anilines is 2. The lowest BCUT2D eigenvalue weighted by Gasteiger charge is -2.25. The lowest BCUT2D eigenvalue weighted by Crippen LogP contribution is -2.30. The summed E-state index contributed by atoms with van der Waals surface area (Å²) in [6.45, 7) is 4.62. The zero-order chi connectivity index (χ0) is 18.0. The van der Waals surface area contributed by atoms with Gasteiger partial charge in [-0.1, -0.05) is 6.92 Å². The van der Waals surface area contributed by atoms with Crippen molar-refractivity contribution in [2.24, 2.45) is 5.73 Å². The Balaban J connectivity index is 0.00000243. The molecule has 1 aliphatic heterocycles. The van der Waals surface area contributed by atoms with E-state index in [1.165, 1.54) is 35.6 Å². The number of hydrogen-bond acceptors (Lipinski definition) is 4. The van der Waals surface area contributed by atoms with E-state index >= 15 is 0 Å². The lowest BCUT2D eigenvalue weighted by molar-refractivity contribution is 0.1000. The third-order valence-electron chi connectivity index (χ3n) is 4.16. The van der Waals surface area contributed by atoms with Crippen molar-refractivity contribution in [3.8, 4) is 0 Å². The topological polar surface area (TPSA) is 87.5 Å². The molecule has 0 spiro atoms. The van der Waals surface area contributed by atoms with Crippen molar-refractivity contribution in [3.05, 3.63) is 46.1 Å². The van der Waals surface area contributed by atoms with E-state index < -0.39 is 11.9 Å². The van der Waals surface area contributed by atoms with Gasteiger partial charge in [-0.15, -0.1) is 23.7 Å². The number of benzene rings is 1. The first-order valence-electron chi connectivity index (χ1n) is 7.98. The number of likely N-dealkylation sites (N-methyl/N-ethyl adjacent to an activating group) is 1. The van der Waals surface area contributed by atoms with E-state index in [9.17, 15) is 14.0 Å². The molecule has 1 aromatic carbocycles. The Morgan fingerprint density at radius 3 is 2.58 bits per heavy atom. The molecule has 0 bridgehead atoms. The fourth-order valence-electron chi connectivity index (χ4n) is 2.87. The fourth-order valence-corrected chi connectivity index (χ4v) is 4.16. The van der Waals surface area contributed by atoms with Crippen molar-refractivity contribution in [2.75, 3.05) is 23.7 Å². The fraction of sp³-hybridized carbons (Fsp3) is 0.294. The molecule has 140 valence electrons. The molecular formula is C17H20ClFN4O2S. The maximum absolute atomic E-state index is 12.9. The summed E-state index contributed by atoms with van der Waals surface area (Å²) in [6.07, 6.45) is 0.735. The number of carbonyl (C=O) groups is 2. The van der Waals surface area contributed by atoms with Crippen molar-refractivity contribution in [2.45, 2.75) is 19.9 Å². The largest absolute Gasteiger partial charge is 0.365 e. The van der Waals surface area contributed by atoms with Gasteiger partial charge < -0.3 is 11.1 Å². The van der Waals surface area contributed by atoms with Crippen LogP contribution in [-0.2, 0) is 13.0 Å². The van der Waals surface area contributed by atoms with Crippen molar-refractivity contribution in [1.82, 2.24) is 4.90 Å². The van der Waals surface area contributed by atoms with Gasteiger partial charge in [0.05, 0.1) is 5.56 Å². The maximum atomic E-state index is 12.9. The molecule has 0 saturated carbocycles. The van der Waals surface area contributed by atoms with Crippen LogP contribution in [0.2, 0.25) is 0 Å². The van der Waals surface area contributed by atoms with Crippen LogP contribution in [0.25, 0.3) is 0 Å². The second-order valence-electron chi connectivity index (χ2n) is 5.78. The molecule has 0 atom stereocenters. The van der Waals surface area contributed by atoms with Crippen LogP contribution in [-0.4, -0.2) is 29.9 Å². The summed E-state index contributed by atoms with van der Waals surface area (Å²) in [5.41, 5.74) is 7.32. The number of thiophene rings is 1. The molecule has 0 saturated heterocycles. The zero-order valence-electron chi connectivity index (χ0n) is 14.2. The lowest BCUT2D eigenvalue weighted by atomic mass is 10.0. The standard InChI is InChI=1S/C17H19FN4O2S.ClH/c1-2-22-8-7-12-13(9-22)25-16(14(12)15(19)23)21-17(24)20-11-5-3-10(18)4-6-11;/h3-6H,2,7-9H2,1H3,(H2,19,23)(H2,20,21,24);1H. The highest BCUT2D eigenvalue weighted by atomic mass is 35.5. The van der Waals surface area contributed by atoms with Gasteiger partial charge >= 0.3 is 6.03 Å². The van der Waals surface area contributed by atoms with Crippen LogP contribution in [0.5, 0.6) is 0 Å². The van der Waals surface area contributed by atoms with Gasteiger partial charge in [0.15, 0.2) is 0 Å². The van der Waals surface area contributed by atoms with Crippen molar-refractivity contribution in [3.63, 3.8) is 0 Å². The van der Waals surface area contributed by atoms with E-state index in [2.05, 4.69) is 22.5 Å². The van der Waals surface area contributed by atoms with E-state index in [0.717, 1.165) is 36.5 Å². The minimum absolute atomic E-state index is 0. The van der Waals surface area contributed by atoms with Gasteiger partial charge in [-0.3, -0.25) is 15.0 Å². The second kappa shape index (κ2) is 8.48. The summed E-state index contributed by atoms with van der Waals surface area (Å²) in [4.78, 5) is 27.4. The third kappa shape index (κ3) is 4.32. The number of fused-ring (bicyclic) bond motifs is 1. The van der Waals surface area contributed by atoms with E-state index in [4.69, 9.17) is 5.73 Å². The number of urea groups is 1. The Hall–Kier alpha value is -2.16. The van der Waals surface area contributed by atoms with Gasteiger partial charge in [-0.2, -0.15) is 0 Å². The van der Waals surface area contributed by atoms with Crippen LogP contribution < -0.4 is 16.4 Å². The number of nitrogens with one attached hydrogen (secondary N) is 2. The summed E-state index contributed by atoms with van der Waals surface area (Å²) in [6, 6.07) is 4.94. The number of nitrogens with zero attached hydrogens (tertiary/aromatic N) is 1. The van der Waals surface area contributed by atoms with Gasteiger partial charge in [-0.05, 0) is 42.8 Å². The first kappa shape index (κ1) is 20.2. The Morgan fingerprint density at radius 2 is 1.96 bits per heavy atom. The van der Waals surface area contributed by atoms with Gasteiger partial charge in [0.1, 0.15) is 10.8 Å². The molecule has 3 rings (SSSR count). The molecule has 1 aliphatic rings. The third-order valence-corrected chi connectivity index (χ3v) is 5.29. The summed E-state index contributed by atoms with van der Waals surface area (Å²) in [5.74, 6) is -0.923. The summed E-state index contributed by atoms with van der Waals surface area (Å²) < 4.78 is 12.9. The molecule has 0 unspecified atom stereocenters. The molecule has 6 nitrogen and oxygen atoms in total. The highest BCUT2D eigenvalue weighted by Gasteiger charge is 2.27. The molecular weight excluding hydrogens is 379 g/mol. The summed E-state index contributed by atoms with van der Waals surface area (Å²) in [7, 11) is 0. The number of hydrogen-bond donors (Lipinski definition) is 3. The van der Waals surface area contributed by atoms with Crippen molar-refractivity contribution >= 4 is 46.4 Å². The van der Waals surface area contributed by atoms with Crippen LogP contribution in [0.4, 0.5) is 19.9 Å². The number of primary amides is 1. The van der Waals surface area contributed by atoms with Gasteiger partial charge in [-0.25, -0.2) is 9.18 Å². The van der Waals surface area contributed by atoms with Crippen LogP contribution >= 0.6 is 23.7 Å². The van der Waals surface area contributed by atoms with Gasteiger partial charge in [0, 0.05) is 23.7 Å². The molecule has 1 aromatic heterocycles. The number of nitrogens with two attached hydrogens (primary N) is 1. The highest BCUT2D eigenvalue weighted by molar-refractivity contribution is 7.17. The quantitative estimate of drug-likeness (QED) is 0.737. The smallest absolute Gasteiger partial charge is 0.324 e. The van der Waals surface area contributed by atoms with E-state index in [1.807, 2.05) is 0 Å².